The third kappa shape index (κ3) is 6.15. The Morgan fingerprint density at radius 3 is 2.42 bits per heavy atom. The number of nitrogen functional groups attached to an aromatic ring is 1. The highest BCUT2D eigenvalue weighted by atomic mass is 16.2. The van der Waals surface area contributed by atoms with Gasteiger partial charge in [0.1, 0.15) is 5.82 Å². The van der Waals surface area contributed by atoms with Crippen molar-refractivity contribution in [3.05, 3.63) is 56.7 Å². The molecule has 33 heavy (non-hydrogen) atoms. The second-order valence-corrected chi connectivity index (χ2v) is 9.77. The first kappa shape index (κ1) is 24.8. The van der Waals surface area contributed by atoms with E-state index in [1.165, 1.54) is 28.7 Å². The lowest BCUT2D eigenvalue weighted by molar-refractivity contribution is -0.123. The number of carbonyl (C=O) groups excluding carboxylic acids is 1. The van der Waals surface area contributed by atoms with Crippen LogP contribution in [0.15, 0.2) is 39.9 Å². The highest BCUT2D eigenvalue weighted by molar-refractivity contribution is 5.97. The molecule has 0 atom stereocenters. The van der Waals surface area contributed by atoms with E-state index in [0.717, 1.165) is 31.2 Å². The van der Waals surface area contributed by atoms with E-state index in [1.54, 1.807) is 0 Å². The molecule has 1 aromatic carbocycles. The van der Waals surface area contributed by atoms with Gasteiger partial charge in [0.05, 0.1) is 6.54 Å². The Labute approximate surface area is 196 Å². The van der Waals surface area contributed by atoms with Gasteiger partial charge in [0.25, 0.3) is 5.56 Å². The number of rotatable bonds is 9. The lowest BCUT2D eigenvalue weighted by Crippen LogP contribution is -2.45. The van der Waals surface area contributed by atoms with Crippen LogP contribution in [-0.4, -0.2) is 22.0 Å². The van der Waals surface area contributed by atoms with Crippen molar-refractivity contribution in [2.75, 3.05) is 17.2 Å². The lowest BCUT2D eigenvalue weighted by atomic mass is 9.79. The monoisotopic (exact) mass is 454 g/mol. The zero-order valence-corrected chi connectivity index (χ0v) is 20.2. The van der Waals surface area contributed by atoms with E-state index in [-0.39, 0.29) is 35.8 Å². The molecule has 1 aliphatic carbocycles. The van der Waals surface area contributed by atoms with Crippen molar-refractivity contribution >= 4 is 17.4 Å². The molecule has 0 spiro atoms. The topological polar surface area (TPSA) is 101 Å². The number of H-pyrrole nitrogens is 1. The molecule has 3 rings (SSSR count). The number of nitrogens with two attached hydrogens (primary N) is 1. The van der Waals surface area contributed by atoms with Gasteiger partial charge in [-0.15, -0.1) is 0 Å². The highest BCUT2D eigenvalue weighted by Gasteiger charge is 2.33. The number of amides is 1. The first-order valence-electron chi connectivity index (χ1n) is 12.3. The second kappa shape index (κ2) is 11.3. The average molecular weight is 455 g/mol. The molecule has 180 valence electrons. The van der Waals surface area contributed by atoms with E-state index >= 15 is 0 Å². The van der Waals surface area contributed by atoms with Crippen LogP contribution in [0.4, 0.5) is 11.5 Å². The molecule has 1 fully saturated rings. The van der Waals surface area contributed by atoms with Crippen molar-refractivity contribution in [1.82, 2.24) is 9.55 Å². The maximum atomic E-state index is 13.6. The van der Waals surface area contributed by atoms with Crippen LogP contribution < -0.4 is 21.9 Å². The van der Waals surface area contributed by atoms with Gasteiger partial charge in [-0.25, -0.2) is 4.79 Å². The lowest BCUT2D eigenvalue weighted by Gasteiger charge is -2.33. The van der Waals surface area contributed by atoms with Crippen molar-refractivity contribution in [3.63, 3.8) is 0 Å². The fourth-order valence-electron chi connectivity index (χ4n) is 4.83. The highest BCUT2D eigenvalue weighted by Crippen LogP contribution is 2.34. The zero-order chi connectivity index (χ0) is 24.0. The number of aromatic nitrogens is 2. The predicted octanol–water partition coefficient (Wildman–Crippen LogP) is 4.15. The second-order valence-electron chi connectivity index (χ2n) is 9.77. The van der Waals surface area contributed by atoms with E-state index < -0.39 is 11.2 Å². The van der Waals surface area contributed by atoms with Crippen molar-refractivity contribution in [2.45, 2.75) is 72.3 Å². The molecule has 0 radical (unpaired) electrons. The van der Waals surface area contributed by atoms with Crippen molar-refractivity contribution in [3.8, 4) is 0 Å². The third-order valence-electron chi connectivity index (χ3n) is 6.64. The molecule has 2 aromatic rings. The van der Waals surface area contributed by atoms with Gasteiger partial charge in [-0.3, -0.25) is 19.1 Å². The number of carbonyl (C=O) groups is 1. The molecule has 0 unspecified atom stereocenters. The van der Waals surface area contributed by atoms with Crippen LogP contribution in [0.1, 0.15) is 71.3 Å². The van der Waals surface area contributed by atoms with E-state index in [9.17, 15) is 14.4 Å². The average Bonchev–Trinajstić information content (AvgIpc) is 2.80. The van der Waals surface area contributed by atoms with Gasteiger partial charge in [-0.1, -0.05) is 70.4 Å². The number of unbranched alkanes of at least 4 members (excludes halogenated alkanes) is 1. The fraction of sp³-hybridized carbons (Fsp3) is 0.577. The van der Waals surface area contributed by atoms with Crippen molar-refractivity contribution < 1.29 is 4.79 Å². The maximum Gasteiger partial charge on any atom is 0.330 e. The Morgan fingerprint density at radius 1 is 1.15 bits per heavy atom. The van der Waals surface area contributed by atoms with Crippen LogP contribution >= 0.6 is 0 Å². The molecule has 7 nitrogen and oxygen atoms in total. The third-order valence-corrected chi connectivity index (χ3v) is 6.64. The summed E-state index contributed by atoms with van der Waals surface area (Å²) in [6.07, 6.45) is 7.42. The SMILES string of the molecule is CCCCC1CCC(C(=O)N(CC(C)C)c2c(N)n(Cc3ccccc3)c(=O)[nH]c2=O)CC1. The molecule has 1 amide bonds. The van der Waals surface area contributed by atoms with Gasteiger partial charge in [0, 0.05) is 12.5 Å². The summed E-state index contributed by atoms with van der Waals surface area (Å²) < 4.78 is 1.34. The van der Waals surface area contributed by atoms with Gasteiger partial charge < -0.3 is 10.6 Å². The summed E-state index contributed by atoms with van der Waals surface area (Å²) in [5.74, 6) is 0.699. The smallest absolute Gasteiger partial charge is 0.330 e. The molecular weight excluding hydrogens is 416 g/mol. The van der Waals surface area contributed by atoms with Crippen LogP contribution in [0.3, 0.4) is 0 Å². The Hall–Kier alpha value is -2.83. The zero-order valence-electron chi connectivity index (χ0n) is 20.2. The van der Waals surface area contributed by atoms with Crippen LogP contribution in [0.25, 0.3) is 0 Å². The van der Waals surface area contributed by atoms with Gasteiger partial charge in [0.2, 0.25) is 5.91 Å². The summed E-state index contributed by atoms with van der Waals surface area (Å²) in [7, 11) is 0. The Morgan fingerprint density at radius 2 is 1.82 bits per heavy atom. The summed E-state index contributed by atoms with van der Waals surface area (Å²) in [5, 5.41) is 0. The molecular formula is C26H38N4O3. The molecule has 7 heteroatoms. The van der Waals surface area contributed by atoms with Gasteiger partial charge >= 0.3 is 5.69 Å². The van der Waals surface area contributed by atoms with Crippen LogP contribution in [-0.2, 0) is 11.3 Å². The summed E-state index contributed by atoms with van der Waals surface area (Å²) >= 11 is 0. The first-order valence-corrected chi connectivity index (χ1v) is 12.3. The number of aromatic amines is 1. The van der Waals surface area contributed by atoms with Gasteiger partial charge in [-0.2, -0.15) is 0 Å². The van der Waals surface area contributed by atoms with Crippen molar-refractivity contribution in [2.24, 2.45) is 17.8 Å². The fourth-order valence-corrected chi connectivity index (χ4v) is 4.83. The van der Waals surface area contributed by atoms with E-state index in [2.05, 4.69) is 11.9 Å². The summed E-state index contributed by atoms with van der Waals surface area (Å²) in [4.78, 5) is 43.1. The van der Waals surface area contributed by atoms with E-state index in [1.807, 2.05) is 44.2 Å². The molecule has 1 aromatic heterocycles. The minimum absolute atomic E-state index is 0.0400. The Kier molecular flexibility index (Phi) is 8.53. The van der Waals surface area contributed by atoms with Crippen LogP contribution in [0.2, 0.25) is 0 Å². The Balaban J connectivity index is 1.91. The van der Waals surface area contributed by atoms with Crippen molar-refractivity contribution in [1.29, 1.82) is 0 Å². The number of nitrogens with one attached hydrogen (secondary N) is 1. The molecule has 3 N–H and O–H groups in total. The standard InChI is InChI=1S/C26H38N4O3/c1-4-5-9-19-12-14-21(15-13-19)25(32)29(16-18(2)3)22-23(27)30(26(33)28-24(22)31)17-20-10-7-6-8-11-20/h6-8,10-11,18-19,21H,4-5,9,12-17,27H2,1-3H3,(H,28,31,33). The van der Waals surface area contributed by atoms with E-state index in [0.29, 0.717) is 12.5 Å². The number of hydrogen-bond acceptors (Lipinski definition) is 4. The predicted molar refractivity (Wildman–Crippen MR) is 133 cm³/mol. The van der Waals surface area contributed by atoms with Crippen LogP contribution in [0.5, 0.6) is 0 Å². The number of benzene rings is 1. The molecule has 0 bridgehead atoms. The molecule has 1 aliphatic rings. The molecule has 1 saturated carbocycles. The number of anilines is 2. The van der Waals surface area contributed by atoms with E-state index in [4.69, 9.17) is 5.73 Å². The molecule has 0 saturated heterocycles. The first-order chi connectivity index (χ1) is 15.8. The number of nitrogens with zero attached hydrogens (tertiary/aromatic N) is 2. The van der Waals surface area contributed by atoms with Gasteiger partial charge in [-0.05, 0) is 43.1 Å². The minimum Gasteiger partial charge on any atom is -0.383 e. The summed E-state index contributed by atoms with van der Waals surface area (Å²) in [6, 6.07) is 9.45. The van der Waals surface area contributed by atoms with Gasteiger partial charge in [0.15, 0.2) is 5.69 Å². The maximum absolute atomic E-state index is 13.6. The largest absolute Gasteiger partial charge is 0.383 e. The Bertz CT molecular complexity index is 1030. The normalized spacial score (nSPS) is 18.4. The summed E-state index contributed by atoms with van der Waals surface area (Å²) in [6.45, 7) is 6.82. The molecule has 0 aliphatic heterocycles. The molecule has 1 heterocycles. The summed E-state index contributed by atoms with van der Waals surface area (Å²) in [5.41, 5.74) is 6.21. The number of hydrogen-bond donors (Lipinski definition) is 2. The quantitative estimate of drug-likeness (QED) is 0.594. The van der Waals surface area contributed by atoms with Crippen LogP contribution in [0, 0.1) is 17.8 Å². The minimum atomic E-state index is -0.604.